The zero-order chi connectivity index (χ0) is 20.7. The van der Waals surface area contributed by atoms with Gasteiger partial charge in [0, 0.05) is 30.4 Å². The topological polar surface area (TPSA) is 75.7 Å². The molecule has 0 aromatic heterocycles. The molecule has 0 saturated heterocycles. The molecule has 1 N–H and O–H groups in total. The van der Waals surface area contributed by atoms with Crippen LogP contribution < -0.4 is 10.1 Å². The maximum Gasteiger partial charge on any atom is 0.255 e. The molecular formula is C21H28N2O4S. The highest BCUT2D eigenvalue weighted by molar-refractivity contribution is 7.89. The van der Waals surface area contributed by atoms with Crippen LogP contribution in [0.4, 0.5) is 5.69 Å². The van der Waals surface area contributed by atoms with Gasteiger partial charge in [0.2, 0.25) is 10.0 Å². The standard InChI is InChI=1S/C21H28N2O4S/c1-5-13-27-18-10-8-9-17(14-18)22-21(24)20-15-19(12-11-16(20)4)28(25,26)23(6-2)7-3/h8-12,14-15H,5-7,13H2,1-4H3,(H,22,24). The number of carbonyl (C=O) groups excluding carboxylic acids is 1. The van der Waals surface area contributed by atoms with E-state index in [2.05, 4.69) is 5.32 Å². The highest BCUT2D eigenvalue weighted by Crippen LogP contribution is 2.22. The van der Waals surface area contributed by atoms with Gasteiger partial charge in [0.25, 0.3) is 5.91 Å². The Morgan fingerprint density at radius 2 is 1.79 bits per heavy atom. The predicted molar refractivity (Wildman–Crippen MR) is 111 cm³/mol. The van der Waals surface area contributed by atoms with E-state index in [1.807, 2.05) is 13.0 Å². The fourth-order valence-corrected chi connectivity index (χ4v) is 4.29. The van der Waals surface area contributed by atoms with Crippen molar-refractivity contribution in [3.05, 3.63) is 53.6 Å². The van der Waals surface area contributed by atoms with E-state index in [0.717, 1.165) is 6.42 Å². The lowest BCUT2D eigenvalue weighted by Crippen LogP contribution is -2.30. The van der Waals surface area contributed by atoms with Gasteiger partial charge in [-0.1, -0.05) is 32.9 Å². The molecule has 0 fully saturated rings. The number of anilines is 1. The van der Waals surface area contributed by atoms with Crippen molar-refractivity contribution in [1.29, 1.82) is 0 Å². The molecule has 2 aromatic carbocycles. The second kappa shape index (κ2) is 9.71. The highest BCUT2D eigenvalue weighted by atomic mass is 32.2. The third-order valence-electron chi connectivity index (χ3n) is 4.36. The van der Waals surface area contributed by atoms with E-state index in [9.17, 15) is 13.2 Å². The van der Waals surface area contributed by atoms with Crippen LogP contribution in [0.3, 0.4) is 0 Å². The van der Waals surface area contributed by atoms with Crippen LogP contribution in [-0.2, 0) is 10.0 Å². The number of benzene rings is 2. The molecule has 0 aliphatic rings. The number of amides is 1. The van der Waals surface area contributed by atoms with Gasteiger partial charge in [-0.15, -0.1) is 0 Å². The number of hydrogen-bond donors (Lipinski definition) is 1. The summed E-state index contributed by atoms with van der Waals surface area (Å²) >= 11 is 0. The summed E-state index contributed by atoms with van der Waals surface area (Å²) < 4.78 is 32.5. The zero-order valence-electron chi connectivity index (χ0n) is 16.9. The Kier molecular flexibility index (Phi) is 7.60. The van der Waals surface area contributed by atoms with Crippen LogP contribution in [-0.4, -0.2) is 38.3 Å². The molecule has 2 rings (SSSR count). The van der Waals surface area contributed by atoms with Gasteiger partial charge in [0.15, 0.2) is 0 Å². The molecular weight excluding hydrogens is 376 g/mol. The Morgan fingerprint density at radius 3 is 2.43 bits per heavy atom. The van der Waals surface area contributed by atoms with Crippen LogP contribution in [0.5, 0.6) is 5.75 Å². The number of nitrogens with one attached hydrogen (secondary N) is 1. The Morgan fingerprint density at radius 1 is 1.07 bits per heavy atom. The molecule has 0 aliphatic carbocycles. The fourth-order valence-electron chi connectivity index (χ4n) is 2.80. The molecule has 0 atom stereocenters. The van der Waals surface area contributed by atoms with E-state index in [-0.39, 0.29) is 10.8 Å². The first-order chi connectivity index (χ1) is 13.3. The van der Waals surface area contributed by atoms with Crippen LogP contribution >= 0.6 is 0 Å². The summed E-state index contributed by atoms with van der Waals surface area (Å²) in [5, 5.41) is 2.82. The minimum atomic E-state index is -3.63. The number of ether oxygens (including phenoxy) is 1. The van der Waals surface area contributed by atoms with Gasteiger partial charge in [-0.2, -0.15) is 4.31 Å². The molecule has 1 amide bonds. The Hall–Kier alpha value is -2.38. The van der Waals surface area contributed by atoms with Crippen molar-refractivity contribution in [2.45, 2.75) is 39.0 Å². The van der Waals surface area contributed by atoms with Gasteiger partial charge >= 0.3 is 0 Å². The van der Waals surface area contributed by atoms with Gasteiger partial charge < -0.3 is 10.1 Å². The average Bonchev–Trinajstić information content (AvgIpc) is 2.67. The molecule has 0 unspecified atom stereocenters. The monoisotopic (exact) mass is 404 g/mol. The average molecular weight is 405 g/mol. The van der Waals surface area contributed by atoms with Crippen molar-refractivity contribution in [3.63, 3.8) is 0 Å². The lowest BCUT2D eigenvalue weighted by Gasteiger charge is -2.19. The summed E-state index contributed by atoms with van der Waals surface area (Å²) in [5.74, 6) is 0.316. The smallest absolute Gasteiger partial charge is 0.255 e. The van der Waals surface area contributed by atoms with Crippen LogP contribution in [0.2, 0.25) is 0 Å². The number of carbonyl (C=O) groups is 1. The maximum absolute atomic E-state index is 12.8. The van der Waals surface area contributed by atoms with E-state index in [4.69, 9.17) is 4.74 Å². The van der Waals surface area contributed by atoms with Gasteiger partial charge in [-0.05, 0) is 43.2 Å². The molecule has 0 spiro atoms. The van der Waals surface area contributed by atoms with E-state index >= 15 is 0 Å². The number of sulfonamides is 1. The van der Waals surface area contributed by atoms with Crippen LogP contribution in [0.25, 0.3) is 0 Å². The lowest BCUT2D eigenvalue weighted by molar-refractivity contribution is 0.102. The van der Waals surface area contributed by atoms with Crippen LogP contribution in [0, 0.1) is 6.92 Å². The van der Waals surface area contributed by atoms with Crippen molar-refractivity contribution in [2.75, 3.05) is 25.0 Å². The quantitative estimate of drug-likeness (QED) is 0.684. The van der Waals surface area contributed by atoms with Crippen molar-refractivity contribution in [2.24, 2.45) is 0 Å². The maximum atomic E-state index is 12.8. The van der Waals surface area contributed by atoms with Crippen molar-refractivity contribution in [1.82, 2.24) is 4.31 Å². The summed E-state index contributed by atoms with van der Waals surface area (Å²) in [6, 6.07) is 11.8. The summed E-state index contributed by atoms with van der Waals surface area (Å²) in [6.07, 6.45) is 0.892. The van der Waals surface area contributed by atoms with Gasteiger partial charge in [-0.25, -0.2) is 8.42 Å². The van der Waals surface area contributed by atoms with Gasteiger partial charge in [-0.3, -0.25) is 4.79 Å². The summed E-state index contributed by atoms with van der Waals surface area (Å²) in [7, 11) is -3.63. The van der Waals surface area contributed by atoms with E-state index in [1.165, 1.54) is 10.4 Å². The molecule has 28 heavy (non-hydrogen) atoms. The Labute approximate surface area is 167 Å². The van der Waals surface area contributed by atoms with E-state index < -0.39 is 10.0 Å². The van der Waals surface area contributed by atoms with E-state index in [1.54, 1.807) is 51.1 Å². The molecule has 6 nitrogen and oxygen atoms in total. The number of hydrogen-bond acceptors (Lipinski definition) is 4. The Bertz CT molecular complexity index is 922. The summed E-state index contributed by atoms with van der Waals surface area (Å²) in [5.41, 5.74) is 1.62. The second-order valence-electron chi connectivity index (χ2n) is 6.40. The molecule has 0 saturated carbocycles. The predicted octanol–water partition coefficient (Wildman–Crippen LogP) is 4.07. The molecule has 0 radical (unpaired) electrons. The van der Waals surface area contributed by atoms with Crippen molar-refractivity contribution in [3.8, 4) is 5.75 Å². The van der Waals surface area contributed by atoms with E-state index in [0.29, 0.717) is 42.3 Å². The molecule has 0 aliphatic heterocycles. The minimum absolute atomic E-state index is 0.118. The number of rotatable bonds is 9. The molecule has 0 bridgehead atoms. The van der Waals surface area contributed by atoms with Crippen LogP contribution in [0.1, 0.15) is 43.1 Å². The van der Waals surface area contributed by atoms with Crippen LogP contribution in [0.15, 0.2) is 47.4 Å². The molecule has 2 aromatic rings. The summed E-state index contributed by atoms with van der Waals surface area (Å²) in [6.45, 7) is 8.73. The fraction of sp³-hybridized carbons (Fsp3) is 0.381. The first-order valence-electron chi connectivity index (χ1n) is 9.48. The third kappa shape index (κ3) is 5.11. The number of nitrogens with zero attached hydrogens (tertiary/aromatic N) is 1. The largest absolute Gasteiger partial charge is 0.494 e. The first-order valence-corrected chi connectivity index (χ1v) is 10.9. The second-order valence-corrected chi connectivity index (χ2v) is 8.33. The SMILES string of the molecule is CCCOc1cccc(NC(=O)c2cc(S(=O)(=O)N(CC)CC)ccc2C)c1. The van der Waals surface area contributed by atoms with Gasteiger partial charge in [0.1, 0.15) is 5.75 Å². The molecule has 0 heterocycles. The highest BCUT2D eigenvalue weighted by Gasteiger charge is 2.23. The Balaban J connectivity index is 2.29. The normalized spacial score (nSPS) is 11.5. The van der Waals surface area contributed by atoms with Gasteiger partial charge in [0.05, 0.1) is 11.5 Å². The number of aryl methyl sites for hydroxylation is 1. The molecule has 7 heteroatoms. The first kappa shape index (κ1) is 21.9. The minimum Gasteiger partial charge on any atom is -0.494 e. The third-order valence-corrected chi connectivity index (χ3v) is 6.41. The lowest BCUT2D eigenvalue weighted by atomic mass is 10.1. The zero-order valence-corrected chi connectivity index (χ0v) is 17.7. The van der Waals surface area contributed by atoms with Crippen molar-refractivity contribution >= 4 is 21.6 Å². The molecule has 152 valence electrons. The van der Waals surface area contributed by atoms with Crippen molar-refractivity contribution < 1.29 is 17.9 Å². The summed E-state index contributed by atoms with van der Waals surface area (Å²) in [4.78, 5) is 12.9.